The van der Waals surface area contributed by atoms with E-state index in [2.05, 4.69) is 18.7 Å². The number of ether oxygens (including phenoxy) is 1. The van der Waals surface area contributed by atoms with Crippen LogP contribution in [0.4, 0.5) is 0 Å². The highest BCUT2D eigenvalue weighted by Crippen LogP contribution is 2.21. The summed E-state index contributed by atoms with van der Waals surface area (Å²) in [7, 11) is 0. The zero-order valence-corrected chi connectivity index (χ0v) is 11.6. The predicted octanol–water partition coefficient (Wildman–Crippen LogP) is 2.62. The number of hydrogen-bond donors (Lipinski definition) is 0. The number of likely N-dealkylation sites (tertiary alicyclic amines) is 1. The molecular weight excluding hydrogens is 214 g/mol. The number of carbonyl (C=O) groups excluding carboxylic acids is 1. The van der Waals surface area contributed by atoms with Gasteiger partial charge in [-0.2, -0.15) is 0 Å². The summed E-state index contributed by atoms with van der Waals surface area (Å²) in [6, 6.07) is 0. The number of hydrogen-bond acceptors (Lipinski definition) is 3. The van der Waals surface area contributed by atoms with Crippen LogP contribution in [0.2, 0.25) is 0 Å². The molecule has 1 aliphatic rings. The molecule has 3 heteroatoms. The quantitative estimate of drug-likeness (QED) is 0.558. The van der Waals surface area contributed by atoms with E-state index in [1.807, 2.05) is 13.8 Å². The summed E-state index contributed by atoms with van der Waals surface area (Å²) in [5.41, 5.74) is 2.11. The molecule has 1 aliphatic heterocycles. The first kappa shape index (κ1) is 14.2. The van der Waals surface area contributed by atoms with Crippen LogP contribution >= 0.6 is 0 Å². The average molecular weight is 239 g/mol. The lowest BCUT2D eigenvalue weighted by Gasteiger charge is -2.30. The van der Waals surface area contributed by atoms with E-state index in [-0.39, 0.29) is 5.97 Å². The second kappa shape index (κ2) is 6.80. The molecule has 1 rings (SSSR count). The predicted molar refractivity (Wildman–Crippen MR) is 69.8 cm³/mol. The summed E-state index contributed by atoms with van der Waals surface area (Å²) in [4.78, 5) is 14.1. The van der Waals surface area contributed by atoms with Gasteiger partial charge in [0.15, 0.2) is 0 Å². The highest BCUT2D eigenvalue weighted by molar-refractivity contribution is 5.88. The summed E-state index contributed by atoms with van der Waals surface area (Å²) in [6.07, 6.45) is 2.02. The van der Waals surface area contributed by atoms with Gasteiger partial charge in [0.1, 0.15) is 0 Å². The van der Waals surface area contributed by atoms with Crippen LogP contribution in [0, 0.1) is 5.92 Å². The van der Waals surface area contributed by atoms with Crippen molar-refractivity contribution in [3.8, 4) is 0 Å². The molecule has 0 aliphatic carbocycles. The van der Waals surface area contributed by atoms with E-state index >= 15 is 0 Å². The Morgan fingerprint density at radius 2 is 1.94 bits per heavy atom. The summed E-state index contributed by atoms with van der Waals surface area (Å²) >= 11 is 0. The highest BCUT2D eigenvalue weighted by atomic mass is 16.5. The van der Waals surface area contributed by atoms with Crippen molar-refractivity contribution in [1.29, 1.82) is 0 Å². The van der Waals surface area contributed by atoms with Crippen LogP contribution in [0.15, 0.2) is 11.1 Å². The molecule has 98 valence electrons. The lowest BCUT2D eigenvalue weighted by atomic mass is 9.98. The molecule has 0 atom stereocenters. The third kappa shape index (κ3) is 4.50. The summed E-state index contributed by atoms with van der Waals surface area (Å²) in [5.74, 6) is 0.575. The molecule has 17 heavy (non-hydrogen) atoms. The van der Waals surface area contributed by atoms with Crippen LogP contribution in [0.1, 0.15) is 40.5 Å². The maximum absolute atomic E-state index is 11.6. The van der Waals surface area contributed by atoms with E-state index in [0.29, 0.717) is 12.5 Å². The number of piperidine rings is 1. The topological polar surface area (TPSA) is 29.5 Å². The maximum atomic E-state index is 11.6. The second-order valence-corrected chi connectivity index (χ2v) is 5.14. The molecule has 3 nitrogen and oxygen atoms in total. The minimum absolute atomic E-state index is 0.139. The number of carbonyl (C=O) groups is 1. The van der Waals surface area contributed by atoms with Crippen LogP contribution in [-0.4, -0.2) is 37.1 Å². The SMILES string of the molecule is CCOC(=O)C(C)=C1CCN(CC(C)C)CC1. The van der Waals surface area contributed by atoms with E-state index in [1.54, 1.807) is 0 Å². The van der Waals surface area contributed by atoms with Crippen molar-refractivity contribution in [2.24, 2.45) is 5.92 Å². The van der Waals surface area contributed by atoms with Crippen molar-refractivity contribution in [3.05, 3.63) is 11.1 Å². The Morgan fingerprint density at radius 3 is 2.41 bits per heavy atom. The van der Waals surface area contributed by atoms with Gasteiger partial charge in [-0.3, -0.25) is 0 Å². The Morgan fingerprint density at radius 1 is 1.35 bits per heavy atom. The third-order valence-corrected chi connectivity index (χ3v) is 3.19. The standard InChI is InChI=1S/C14H25NO2/c1-5-17-14(16)12(4)13-6-8-15(9-7-13)10-11(2)3/h11H,5-10H2,1-4H3. The van der Waals surface area contributed by atoms with Gasteiger partial charge in [0.2, 0.25) is 0 Å². The van der Waals surface area contributed by atoms with Crippen molar-refractivity contribution in [1.82, 2.24) is 4.90 Å². The zero-order chi connectivity index (χ0) is 12.8. The van der Waals surface area contributed by atoms with Gasteiger partial charge in [0, 0.05) is 25.2 Å². The monoisotopic (exact) mass is 239 g/mol. The average Bonchev–Trinajstić information content (AvgIpc) is 2.28. The Balaban J connectivity index is 2.50. The van der Waals surface area contributed by atoms with Gasteiger partial charge >= 0.3 is 5.97 Å². The fourth-order valence-corrected chi connectivity index (χ4v) is 2.28. The molecule has 0 bridgehead atoms. The molecule has 0 aromatic heterocycles. The normalized spacial score (nSPS) is 17.4. The fraction of sp³-hybridized carbons (Fsp3) is 0.786. The second-order valence-electron chi connectivity index (χ2n) is 5.14. The molecule has 0 amide bonds. The summed E-state index contributed by atoms with van der Waals surface area (Å²) in [6.45, 7) is 12.0. The van der Waals surface area contributed by atoms with E-state index in [9.17, 15) is 4.79 Å². The van der Waals surface area contributed by atoms with E-state index in [0.717, 1.165) is 38.0 Å². The zero-order valence-electron chi connectivity index (χ0n) is 11.6. The van der Waals surface area contributed by atoms with Crippen molar-refractivity contribution < 1.29 is 9.53 Å². The van der Waals surface area contributed by atoms with Crippen molar-refractivity contribution in [2.75, 3.05) is 26.2 Å². The lowest BCUT2D eigenvalue weighted by Crippen LogP contribution is -2.34. The first-order valence-corrected chi connectivity index (χ1v) is 6.62. The van der Waals surface area contributed by atoms with Crippen LogP contribution in [0.3, 0.4) is 0 Å². The Hall–Kier alpha value is -0.830. The Kier molecular flexibility index (Phi) is 5.69. The number of nitrogens with zero attached hydrogens (tertiary/aromatic N) is 1. The molecule has 0 unspecified atom stereocenters. The van der Waals surface area contributed by atoms with Gasteiger partial charge in [-0.15, -0.1) is 0 Å². The largest absolute Gasteiger partial charge is 0.463 e. The van der Waals surface area contributed by atoms with Gasteiger partial charge in [0.25, 0.3) is 0 Å². The molecule has 1 fully saturated rings. The van der Waals surface area contributed by atoms with Crippen molar-refractivity contribution >= 4 is 5.97 Å². The molecule has 0 aromatic rings. The molecule has 0 N–H and O–H groups in total. The minimum Gasteiger partial charge on any atom is -0.463 e. The van der Waals surface area contributed by atoms with Crippen LogP contribution in [0.25, 0.3) is 0 Å². The van der Waals surface area contributed by atoms with E-state index in [4.69, 9.17) is 4.74 Å². The van der Waals surface area contributed by atoms with E-state index < -0.39 is 0 Å². The Bertz CT molecular complexity index is 285. The minimum atomic E-state index is -0.139. The molecular formula is C14H25NO2. The highest BCUT2D eigenvalue weighted by Gasteiger charge is 2.19. The third-order valence-electron chi connectivity index (χ3n) is 3.19. The fourth-order valence-electron chi connectivity index (χ4n) is 2.28. The van der Waals surface area contributed by atoms with Gasteiger partial charge < -0.3 is 9.64 Å². The smallest absolute Gasteiger partial charge is 0.333 e. The van der Waals surface area contributed by atoms with Crippen molar-refractivity contribution in [2.45, 2.75) is 40.5 Å². The molecule has 0 aromatic carbocycles. The molecule has 0 saturated carbocycles. The first-order valence-electron chi connectivity index (χ1n) is 6.62. The van der Waals surface area contributed by atoms with Crippen LogP contribution in [-0.2, 0) is 9.53 Å². The lowest BCUT2D eigenvalue weighted by molar-refractivity contribution is -0.138. The molecule has 1 heterocycles. The van der Waals surface area contributed by atoms with Crippen LogP contribution < -0.4 is 0 Å². The van der Waals surface area contributed by atoms with Gasteiger partial charge in [-0.05, 0) is 32.6 Å². The number of esters is 1. The van der Waals surface area contributed by atoms with Gasteiger partial charge in [0.05, 0.1) is 6.61 Å². The first-order chi connectivity index (χ1) is 8.04. The summed E-state index contributed by atoms with van der Waals surface area (Å²) in [5, 5.41) is 0. The van der Waals surface area contributed by atoms with Crippen LogP contribution in [0.5, 0.6) is 0 Å². The maximum Gasteiger partial charge on any atom is 0.333 e. The summed E-state index contributed by atoms with van der Waals surface area (Å²) < 4.78 is 5.04. The molecule has 0 radical (unpaired) electrons. The Labute approximate surface area is 105 Å². The molecule has 0 spiro atoms. The van der Waals surface area contributed by atoms with Gasteiger partial charge in [-0.25, -0.2) is 4.79 Å². The van der Waals surface area contributed by atoms with Crippen molar-refractivity contribution in [3.63, 3.8) is 0 Å². The molecule has 1 saturated heterocycles. The van der Waals surface area contributed by atoms with Gasteiger partial charge in [-0.1, -0.05) is 19.4 Å². The number of rotatable bonds is 4. The van der Waals surface area contributed by atoms with E-state index in [1.165, 1.54) is 5.57 Å².